The lowest BCUT2D eigenvalue weighted by molar-refractivity contribution is -0.144. The Bertz CT molecular complexity index is 611. The third-order valence-electron chi connectivity index (χ3n) is 2.86. The first-order valence-corrected chi connectivity index (χ1v) is 5.65. The molecule has 0 bridgehead atoms. The largest absolute Gasteiger partial charge is 0.458 e. The average Bonchev–Trinajstić information content (AvgIpc) is 2.71. The summed E-state index contributed by atoms with van der Waals surface area (Å²) in [6.45, 7) is 2.96. The molecule has 1 N–H and O–H groups in total. The molecule has 6 nitrogen and oxygen atoms in total. The summed E-state index contributed by atoms with van der Waals surface area (Å²) in [7, 11) is 0. The van der Waals surface area contributed by atoms with Crippen molar-refractivity contribution in [2.24, 2.45) is 0 Å². The number of carbonyl (C=O) groups is 1. The SMILES string of the molecule is CC(=O)OC1C=CC(n2c(=O)[nH]cc(C)c2=O)C1. The van der Waals surface area contributed by atoms with Crippen LogP contribution in [0.5, 0.6) is 0 Å². The topological polar surface area (TPSA) is 81.2 Å². The third kappa shape index (κ3) is 2.27. The van der Waals surface area contributed by atoms with E-state index in [-0.39, 0.29) is 23.7 Å². The minimum absolute atomic E-state index is 0.322. The van der Waals surface area contributed by atoms with Crippen LogP contribution >= 0.6 is 0 Å². The molecule has 0 radical (unpaired) electrons. The van der Waals surface area contributed by atoms with Crippen molar-refractivity contribution in [3.63, 3.8) is 0 Å². The number of nitrogens with zero attached hydrogens (tertiary/aromatic N) is 1. The molecule has 0 spiro atoms. The summed E-state index contributed by atoms with van der Waals surface area (Å²) in [5.41, 5.74) is -0.306. The molecule has 2 rings (SSSR count). The third-order valence-corrected chi connectivity index (χ3v) is 2.86. The average molecular weight is 250 g/mol. The van der Waals surface area contributed by atoms with E-state index in [1.165, 1.54) is 13.1 Å². The zero-order chi connectivity index (χ0) is 13.3. The van der Waals surface area contributed by atoms with Crippen LogP contribution in [0, 0.1) is 6.92 Å². The van der Waals surface area contributed by atoms with Crippen LogP contribution in [0.4, 0.5) is 0 Å². The molecule has 18 heavy (non-hydrogen) atoms. The minimum Gasteiger partial charge on any atom is -0.458 e. The summed E-state index contributed by atoms with van der Waals surface area (Å²) in [6.07, 6.45) is 4.83. The van der Waals surface area contributed by atoms with Crippen LogP contribution in [0.15, 0.2) is 27.9 Å². The number of nitrogens with one attached hydrogen (secondary N) is 1. The fourth-order valence-electron chi connectivity index (χ4n) is 2.02. The van der Waals surface area contributed by atoms with Crippen molar-refractivity contribution < 1.29 is 9.53 Å². The number of allylic oxidation sites excluding steroid dienone is 1. The van der Waals surface area contributed by atoms with E-state index >= 15 is 0 Å². The Labute approximate surface area is 103 Å². The number of carbonyl (C=O) groups excluding carboxylic acids is 1. The number of aryl methyl sites for hydroxylation is 1. The van der Waals surface area contributed by atoms with Crippen molar-refractivity contribution in [2.45, 2.75) is 32.4 Å². The number of ether oxygens (including phenoxy) is 1. The van der Waals surface area contributed by atoms with E-state index < -0.39 is 5.69 Å². The van der Waals surface area contributed by atoms with Gasteiger partial charge in [0.25, 0.3) is 5.56 Å². The minimum atomic E-state index is -0.455. The maximum absolute atomic E-state index is 11.9. The number of hydrogen-bond donors (Lipinski definition) is 1. The molecular weight excluding hydrogens is 236 g/mol. The quantitative estimate of drug-likeness (QED) is 0.603. The Morgan fingerprint density at radius 1 is 1.44 bits per heavy atom. The summed E-state index contributed by atoms with van der Waals surface area (Å²) < 4.78 is 6.17. The van der Waals surface area contributed by atoms with Crippen LogP contribution in [-0.2, 0) is 9.53 Å². The van der Waals surface area contributed by atoms with Gasteiger partial charge in [-0.05, 0) is 13.0 Å². The first kappa shape index (κ1) is 12.3. The number of aromatic amines is 1. The zero-order valence-electron chi connectivity index (χ0n) is 10.2. The molecule has 0 saturated heterocycles. The van der Waals surface area contributed by atoms with Gasteiger partial charge in [0.15, 0.2) is 0 Å². The molecule has 1 aliphatic rings. The highest BCUT2D eigenvalue weighted by Gasteiger charge is 2.24. The molecule has 1 aliphatic carbocycles. The standard InChI is InChI=1S/C12H14N2O4/c1-7-6-13-12(17)14(11(7)16)9-3-4-10(5-9)18-8(2)15/h3-4,6,9-10H,5H2,1-2H3,(H,13,17). The highest BCUT2D eigenvalue weighted by Crippen LogP contribution is 2.22. The number of hydrogen-bond acceptors (Lipinski definition) is 4. The van der Waals surface area contributed by atoms with Crippen LogP contribution in [0.3, 0.4) is 0 Å². The predicted octanol–water partition coefficient (Wildman–Crippen LogP) is 0.278. The van der Waals surface area contributed by atoms with Crippen molar-refractivity contribution in [3.05, 3.63) is 44.8 Å². The number of rotatable bonds is 2. The molecule has 1 aromatic heterocycles. The van der Waals surface area contributed by atoms with Gasteiger partial charge in [0, 0.05) is 25.1 Å². The lowest BCUT2D eigenvalue weighted by Gasteiger charge is -2.14. The van der Waals surface area contributed by atoms with Gasteiger partial charge < -0.3 is 9.72 Å². The monoisotopic (exact) mass is 250 g/mol. The fraction of sp³-hybridized carbons (Fsp3) is 0.417. The maximum atomic E-state index is 11.9. The Balaban J connectivity index is 2.29. The lowest BCUT2D eigenvalue weighted by Crippen LogP contribution is -2.38. The van der Waals surface area contributed by atoms with E-state index in [1.54, 1.807) is 19.1 Å². The van der Waals surface area contributed by atoms with E-state index in [2.05, 4.69) is 4.98 Å². The fourth-order valence-corrected chi connectivity index (χ4v) is 2.02. The normalized spacial score (nSPS) is 22.1. The molecule has 0 fully saturated rings. The summed E-state index contributed by atoms with van der Waals surface area (Å²) in [5.74, 6) is -0.379. The van der Waals surface area contributed by atoms with E-state index in [1.807, 2.05) is 0 Å². The molecule has 0 aromatic carbocycles. The van der Waals surface area contributed by atoms with Gasteiger partial charge in [-0.2, -0.15) is 0 Å². The highest BCUT2D eigenvalue weighted by molar-refractivity contribution is 5.66. The van der Waals surface area contributed by atoms with E-state index in [9.17, 15) is 14.4 Å². The molecule has 6 heteroatoms. The van der Waals surface area contributed by atoms with E-state index in [0.29, 0.717) is 12.0 Å². The molecule has 96 valence electrons. The van der Waals surface area contributed by atoms with Gasteiger partial charge in [-0.15, -0.1) is 0 Å². The molecule has 1 heterocycles. The van der Waals surface area contributed by atoms with E-state index in [4.69, 9.17) is 4.74 Å². The predicted molar refractivity (Wildman–Crippen MR) is 64.4 cm³/mol. The molecule has 0 aliphatic heterocycles. The zero-order valence-corrected chi connectivity index (χ0v) is 10.2. The second kappa shape index (κ2) is 4.64. The van der Waals surface area contributed by atoms with Crippen LogP contribution in [-0.4, -0.2) is 21.6 Å². The van der Waals surface area contributed by atoms with Gasteiger partial charge in [0.05, 0.1) is 6.04 Å². The van der Waals surface area contributed by atoms with Crippen LogP contribution in [0.25, 0.3) is 0 Å². The Morgan fingerprint density at radius 3 is 2.83 bits per heavy atom. The van der Waals surface area contributed by atoms with Crippen LogP contribution in [0.2, 0.25) is 0 Å². The molecule has 2 unspecified atom stereocenters. The first-order valence-electron chi connectivity index (χ1n) is 5.65. The van der Waals surface area contributed by atoms with Crippen molar-refractivity contribution in [3.8, 4) is 0 Å². The number of esters is 1. The molecule has 0 saturated carbocycles. The molecule has 0 amide bonds. The van der Waals surface area contributed by atoms with Gasteiger partial charge in [0.1, 0.15) is 6.10 Å². The summed E-state index contributed by atoms with van der Waals surface area (Å²) in [6, 6.07) is -0.370. The lowest BCUT2D eigenvalue weighted by atomic mass is 10.2. The highest BCUT2D eigenvalue weighted by atomic mass is 16.5. The molecule has 1 aromatic rings. The number of H-pyrrole nitrogens is 1. The van der Waals surface area contributed by atoms with Gasteiger partial charge >= 0.3 is 11.7 Å². The van der Waals surface area contributed by atoms with Gasteiger partial charge in [-0.25, -0.2) is 4.79 Å². The van der Waals surface area contributed by atoms with E-state index in [0.717, 1.165) is 4.57 Å². The first-order chi connectivity index (χ1) is 8.49. The van der Waals surface area contributed by atoms with Crippen molar-refractivity contribution in [1.29, 1.82) is 0 Å². The summed E-state index contributed by atoms with van der Waals surface area (Å²) in [5, 5.41) is 0. The molecule has 2 atom stereocenters. The van der Waals surface area contributed by atoms with Gasteiger partial charge in [-0.1, -0.05) is 6.08 Å². The summed E-state index contributed by atoms with van der Waals surface area (Å²) in [4.78, 5) is 36.9. The van der Waals surface area contributed by atoms with Crippen molar-refractivity contribution >= 4 is 5.97 Å². The van der Waals surface area contributed by atoms with Crippen molar-refractivity contribution in [2.75, 3.05) is 0 Å². The van der Waals surface area contributed by atoms with Crippen LogP contribution < -0.4 is 11.2 Å². The van der Waals surface area contributed by atoms with Crippen LogP contribution in [0.1, 0.15) is 24.9 Å². The summed E-state index contributed by atoms with van der Waals surface area (Å²) >= 11 is 0. The Kier molecular flexibility index (Phi) is 3.18. The van der Waals surface area contributed by atoms with Gasteiger partial charge in [0.2, 0.25) is 0 Å². The second-order valence-corrected chi connectivity index (χ2v) is 4.29. The van der Waals surface area contributed by atoms with Crippen molar-refractivity contribution in [1.82, 2.24) is 9.55 Å². The Hall–Kier alpha value is -2.11. The van der Waals surface area contributed by atoms with Gasteiger partial charge in [-0.3, -0.25) is 14.2 Å². The number of aromatic nitrogens is 2. The maximum Gasteiger partial charge on any atom is 0.328 e. The Morgan fingerprint density at radius 2 is 2.17 bits per heavy atom. The molecular formula is C12H14N2O4. The second-order valence-electron chi connectivity index (χ2n) is 4.29. The smallest absolute Gasteiger partial charge is 0.328 e.